The Morgan fingerprint density at radius 1 is 1.10 bits per heavy atom. The minimum atomic E-state index is -2.01. The fraction of sp³-hybridized carbons (Fsp3) is 0.611. The largest absolute Gasteiger partial charge is 0.401 e. The topological polar surface area (TPSA) is 26.3 Å². The third-order valence-corrected chi connectivity index (χ3v) is 9.58. The lowest BCUT2D eigenvalue weighted by Crippen LogP contribution is -2.52. The predicted octanol–water partition coefficient (Wildman–Crippen LogP) is 5.05. The number of hydrogen-bond donors (Lipinski definition) is 0. The Balaban J connectivity index is 2.45. The maximum absolute atomic E-state index is 12.8. The first-order valence-electron chi connectivity index (χ1n) is 7.98. The number of carbonyl (C=O) groups excluding carboxylic acids is 1. The minimum absolute atomic E-state index is 0.104. The van der Waals surface area contributed by atoms with Crippen LogP contribution in [-0.2, 0) is 14.8 Å². The molecule has 1 fully saturated rings. The highest BCUT2D eigenvalue weighted by atomic mass is 28.4. The van der Waals surface area contributed by atoms with Crippen molar-refractivity contribution in [2.45, 2.75) is 70.2 Å². The Kier molecular flexibility index (Phi) is 4.46. The van der Waals surface area contributed by atoms with Gasteiger partial charge < -0.3 is 4.43 Å². The van der Waals surface area contributed by atoms with Crippen LogP contribution in [-0.4, -0.2) is 14.1 Å². The van der Waals surface area contributed by atoms with Crippen LogP contribution in [0.5, 0.6) is 0 Å². The first-order valence-corrected chi connectivity index (χ1v) is 10.9. The van der Waals surface area contributed by atoms with Crippen LogP contribution in [0.25, 0.3) is 0 Å². The van der Waals surface area contributed by atoms with E-state index in [1.54, 1.807) is 0 Å². The van der Waals surface area contributed by atoms with E-state index in [4.69, 9.17) is 4.43 Å². The normalized spacial score (nSPS) is 24.1. The van der Waals surface area contributed by atoms with Gasteiger partial charge in [0.05, 0.1) is 0 Å². The van der Waals surface area contributed by atoms with Gasteiger partial charge in [0.1, 0.15) is 5.60 Å². The van der Waals surface area contributed by atoms with E-state index in [9.17, 15) is 4.79 Å². The standard InChI is InChI=1S/C18H28O2Si/c1-17(2,3)21(4,5)20-18(14-10-9-13-16(18)19)15-11-7-6-8-12-15/h6-8,11-12H,9-10,13-14H2,1-5H3/t18-/m0/s1. The zero-order valence-corrected chi connectivity index (χ0v) is 15.0. The molecule has 2 nitrogen and oxygen atoms in total. The number of Topliss-reactive ketones (excluding diaryl/α,β-unsaturated/α-hetero) is 1. The Labute approximate surface area is 130 Å². The van der Waals surface area contributed by atoms with Crippen LogP contribution >= 0.6 is 0 Å². The van der Waals surface area contributed by atoms with E-state index in [2.05, 4.69) is 46.0 Å². The van der Waals surface area contributed by atoms with E-state index in [0.717, 1.165) is 24.8 Å². The molecule has 0 bridgehead atoms. The van der Waals surface area contributed by atoms with Crippen molar-refractivity contribution in [2.24, 2.45) is 0 Å². The summed E-state index contributed by atoms with van der Waals surface area (Å²) >= 11 is 0. The van der Waals surface area contributed by atoms with Gasteiger partial charge in [-0.3, -0.25) is 4.79 Å². The number of carbonyl (C=O) groups is 1. The van der Waals surface area contributed by atoms with Crippen molar-refractivity contribution in [3.8, 4) is 0 Å². The van der Waals surface area contributed by atoms with Gasteiger partial charge >= 0.3 is 0 Å². The van der Waals surface area contributed by atoms with E-state index in [-0.39, 0.29) is 10.8 Å². The van der Waals surface area contributed by atoms with Gasteiger partial charge in [-0.1, -0.05) is 51.1 Å². The van der Waals surface area contributed by atoms with Gasteiger partial charge in [0.25, 0.3) is 0 Å². The van der Waals surface area contributed by atoms with Crippen molar-refractivity contribution < 1.29 is 9.22 Å². The molecule has 0 spiro atoms. The van der Waals surface area contributed by atoms with Gasteiger partial charge in [-0.15, -0.1) is 0 Å². The quantitative estimate of drug-likeness (QED) is 0.731. The van der Waals surface area contributed by atoms with Crippen LogP contribution in [0, 0.1) is 0 Å². The van der Waals surface area contributed by atoms with Crippen LogP contribution in [0.3, 0.4) is 0 Å². The molecule has 116 valence electrons. The minimum Gasteiger partial charge on any atom is -0.401 e. The number of rotatable bonds is 3. The molecule has 0 heterocycles. The van der Waals surface area contributed by atoms with Gasteiger partial charge in [0.2, 0.25) is 0 Å². The van der Waals surface area contributed by atoms with Crippen LogP contribution in [0.1, 0.15) is 52.0 Å². The van der Waals surface area contributed by atoms with Crippen LogP contribution < -0.4 is 0 Å². The monoisotopic (exact) mass is 304 g/mol. The highest BCUT2D eigenvalue weighted by molar-refractivity contribution is 6.74. The summed E-state index contributed by atoms with van der Waals surface area (Å²) in [6, 6.07) is 10.1. The Morgan fingerprint density at radius 3 is 2.24 bits per heavy atom. The van der Waals surface area contributed by atoms with Gasteiger partial charge in [-0.2, -0.15) is 0 Å². The highest BCUT2D eigenvalue weighted by Gasteiger charge is 2.50. The average molecular weight is 305 g/mol. The summed E-state index contributed by atoms with van der Waals surface area (Å²) in [4.78, 5) is 12.8. The van der Waals surface area contributed by atoms with E-state index in [1.165, 1.54) is 0 Å². The van der Waals surface area contributed by atoms with E-state index in [0.29, 0.717) is 6.42 Å². The highest BCUT2D eigenvalue weighted by Crippen LogP contribution is 2.46. The molecule has 2 rings (SSSR count). The summed E-state index contributed by atoms with van der Waals surface area (Å²) < 4.78 is 6.72. The van der Waals surface area contributed by atoms with Crippen molar-refractivity contribution in [1.82, 2.24) is 0 Å². The van der Waals surface area contributed by atoms with Gasteiger partial charge in [-0.25, -0.2) is 0 Å². The lowest BCUT2D eigenvalue weighted by Gasteiger charge is -2.46. The second-order valence-electron chi connectivity index (χ2n) is 7.69. The molecule has 3 heteroatoms. The molecule has 0 radical (unpaired) electrons. The number of hydrogen-bond acceptors (Lipinski definition) is 2. The molecular weight excluding hydrogens is 276 g/mol. The smallest absolute Gasteiger partial charge is 0.193 e. The van der Waals surface area contributed by atoms with Crippen LogP contribution in [0.2, 0.25) is 18.1 Å². The third-order valence-electron chi connectivity index (χ3n) is 5.11. The SMILES string of the molecule is CC(C)(C)[Si](C)(C)O[C@]1(c2ccccc2)CCCCC1=O. The summed E-state index contributed by atoms with van der Waals surface area (Å²) in [6.45, 7) is 11.2. The van der Waals surface area contributed by atoms with E-state index in [1.807, 2.05) is 18.2 Å². The van der Waals surface area contributed by atoms with Crippen LogP contribution in [0.15, 0.2) is 30.3 Å². The zero-order valence-electron chi connectivity index (χ0n) is 14.0. The summed E-state index contributed by atoms with van der Waals surface area (Å²) in [5.41, 5.74) is 0.335. The lowest BCUT2D eigenvalue weighted by molar-refractivity contribution is -0.140. The molecular formula is C18H28O2Si. The molecule has 0 saturated heterocycles. The number of ketones is 1. The molecule has 1 aromatic rings. The second kappa shape index (κ2) is 5.69. The molecule has 1 atom stereocenters. The third kappa shape index (κ3) is 3.14. The lowest BCUT2D eigenvalue weighted by atomic mass is 9.79. The molecule has 0 N–H and O–H groups in total. The fourth-order valence-corrected chi connectivity index (χ4v) is 4.28. The molecule has 1 aliphatic carbocycles. The van der Waals surface area contributed by atoms with Crippen molar-refractivity contribution in [3.05, 3.63) is 35.9 Å². The Hall–Kier alpha value is -0.933. The average Bonchev–Trinajstić information content (AvgIpc) is 2.41. The van der Waals surface area contributed by atoms with E-state index >= 15 is 0 Å². The van der Waals surface area contributed by atoms with Crippen molar-refractivity contribution in [2.75, 3.05) is 0 Å². The first kappa shape index (κ1) is 16.4. The number of benzene rings is 1. The summed E-state index contributed by atoms with van der Waals surface area (Å²) in [7, 11) is -2.01. The first-order chi connectivity index (χ1) is 9.69. The Bertz CT molecular complexity index is 502. The molecule has 21 heavy (non-hydrogen) atoms. The van der Waals surface area contributed by atoms with E-state index < -0.39 is 13.9 Å². The molecule has 0 aromatic heterocycles. The molecule has 1 aromatic carbocycles. The van der Waals surface area contributed by atoms with Gasteiger partial charge in [0, 0.05) is 6.42 Å². The molecule has 1 saturated carbocycles. The Morgan fingerprint density at radius 2 is 1.71 bits per heavy atom. The van der Waals surface area contributed by atoms with Gasteiger partial charge in [-0.05, 0) is 43.0 Å². The second-order valence-corrected chi connectivity index (χ2v) is 12.4. The molecule has 1 aliphatic rings. The fourth-order valence-electron chi connectivity index (χ4n) is 2.77. The summed E-state index contributed by atoms with van der Waals surface area (Å²) in [5.74, 6) is 0.268. The molecule has 0 aliphatic heterocycles. The zero-order chi connectivity index (χ0) is 15.7. The molecule has 0 amide bonds. The summed E-state index contributed by atoms with van der Waals surface area (Å²) in [6.07, 6.45) is 3.52. The van der Waals surface area contributed by atoms with Crippen molar-refractivity contribution in [1.29, 1.82) is 0 Å². The van der Waals surface area contributed by atoms with Crippen molar-refractivity contribution >= 4 is 14.1 Å². The molecule has 0 unspecified atom stereocenters. The van der Waals surface area contributed by atoms with Crippen molar-refractivity contribution in [3.63, 3.8) is 0 Å². The maximum atomic E-state index is 12.8. The maximum Gasteiger partial charge on any atom is 0.193 e. The van der Waals surface area contributed by atoms with Crippen LogP contribution in [0.4, 0.5) is 0 Å². The van der Waals surface area contributed by atoms with Gasteiger partial charge in [0.15, 0.2) is 14.1 Å². The predicted molar refractivity (Wildman–Crippen MR) is 89.9 cm³/mol. The summed E-state index contributed by atoms with van der Waals surface area (Å²) in [5, 5.41) is 0.104.